The van der Waals surface area contributed by atoms with Crippen LogP contribution in [0.25, 0.3) is 21.3 Å². The Morgan fingerprint density at radius 1 is 0.971 bits per heavy atom. The minimum Gasteiger partial charge on any atom is -0.497 e. The van der Waals surface area contributed by atoms with Gasteiger partial charge in [0.15, 0.2) is 5.69 Å². The maximum absolute atomic E-state index is 13.1. The van der Waals surface area contributed by atoms with Gasteiger partial charge in [0, 0.05) is 16.3 Å². The third-order valence-corrected chi connectivity index (χ3v) is 6.40. The lowest BCUT2D eigenvalue weighted by Gasteiger charge is -2.11. The van der Waals surface area contributed by atoms with Crippen LogP contribution in [-0.2, 0) is 17.9 Å². The van der Waals surface area contributed by atoms with E-state index in [-0.39, 0.29) is 24.4 Å². The number of ether oxygens (including phenoxy) is 2. The second-order valence-corrected chi connectivity index (χ2v) is 8.65. The number of hydrogen-bond acceptors (Lipinski definition) is 7. The molecule has 0 aliphatic heterocycles. The number of aromatic nitrogens is 3. The Bertz CT molecular complexity index is 1560. The molecule has 0 spiro atoms. The van der Waals surface area contributed by atoms with Crippen molar-refractivity contribution >= 4 is 28.1 Å². The largest absolute Gasteiger partial charge is 0.497 e. The number of fused-ring (bicyclic) bond motifs is 1. The van der Waals surface area contributed by atoms with Crippen LogP contribution in [0.5, 0.6) is 5.75 Å². The smallest absolute Gasteiger partial charge is 0.359 e. The molecule has 2 heterocycles. The molecule has 0 aliphatic rings. The van der Waals surface area contributed by atoms with Gasteiger partial charge in [-0.2, -0.15) is 5.10 Å². The molecule has 8 heteroatoms. The van der Waals surface area contributed by atoms with Crippen molar-refractivity contribution in [3.8, 4) is 16.3 Å². The summed E-state index contributed by atoms with van der Waals surface area (Å²) in [6.07, 6.45) is 0. The number of carbonyl (C=O) groups excluding carboxylic acids is 1. The van der Waals surface area contributed by atoms with Crippen LogP contribution in [-0.4, -0.2) is 27.8 Å². The first-order valence-corrected chi connectivity index (χ1v) is 11.8. The van der Waals surface area contributed by atoms with Gasteiger partial charge in [0.1, 0.15) is 17.4 Å². The van der Waals surface area contributed by atoms with Crippen LogP contribution in [0, 0.1) is 0 Å². The first-order valence-electron chi connectivity index (χ1n) is 10.9. The average molecular weight is 484 g/mol. The SMILES string of the molecule is COc1cccc(-c2nc(COC(=O)c3nn(Cc4ccccc4)c(=O)c4ccccc34)cs2)c1. The highest BCUT2D eigenvalue weighted by Crippen LogP contribution is 2.27. The van der Waals surface area contributed by atoms with Crippen LogP contribution in [0.3, 0.4) is 0 Å². The third-order valence-electron chi connectivity index (χ3n) is 5.46. The molecule has 0 unspecified atom stereocenters. The summed E-state index contributed by atoms with van der Waals surface area (Å²) in [6.45, 7) is 0.244. The molecule has 0 bridgehead atoms. The van der Waals surface area contributed by atoms with Crippen LogP contribution >= 0.6 is 11.3 Å². The first-order chi connectivity index (χ1) is 17.1. The molecule has 0 fully saturated rings. The van der Waals surface area contributed by atoms with Gasteiger partial charge < -0.3 is 9.47 Å². The highest BCUT2D eigenvalue weighted by Gasteiger charge is 2.19. The molecule has 174 valence electrons. The molecule has 0 atom stereocenters. The van der Waals surface area contributed by atoms with E-state index < -0.39 is 5.97 Å². The molecule has 0 amide bonds. The molecule has 3 aromatic carbocycles. The number of hydrogen-bond donors (Lipinski definition) is 0. The molecule has 0 aliphatic carbocycles. The zero-order valence-electron chi connectivity index (χ0n) is 18.9. The Kier molecular flexibility index (Phi) is 6.36. The Labute approximate surface area is 205 Å². The summed E-state index contributed by atoms with van der Waals surface area (Å²) in [4.78, 5) is 30.6. The number of carbonyl (C=O) groups is 1. The topological polar surface area (TPSA) is 83.3 Å². The predicted molar refractivity (Wildman–Crippen MR) is 135 cm³/mol. The Morgan fingerprint density at radius 3 is 2.54 bits per heavy atom. The second-order valence-electron chi connectivity index (χ2n) is 7.79. The maximum atomic E-state index is 13.1. The van der Waals surface area contributed by atoms with E-state index >= 15 is 0 Å². The molecule has 7 nitrogen and oxygen atoms in total. The maximum Gasteiger partial charge on any atom is 0.359 e. The predicted octanol–water partition coefficient (Wildman–Crippen LogP) is 4.93. The summed E-state index contributed by atoms with van der Waals surface area (Å²) < 4.78 is 12.1. The lowest BCUT2D eigenvalue weighted by atomic mass is 10.1. The van der Waals surface area contributed by atoms with Gasteiger partial charge >= 0.3 is 5.97 Å². The van der Waals surface area contributed by atoms with Crippen molar-refractivity contribution < 1.29 is 14.3 Å². The van der Waals surface area contributed by atoms with E-state index in [0.717, 1.165) is 21.9 Å². The van der Waals surface area contributed by atoms with Gasteiger partial charge in [0.05, 0.1) is 24.7 Å². The standard InChI is InChI=1S/C27H21N3O4S/c1-33-21-11-7-10-19(14-21)25-28-20(17-35-25)16-34-27(32)24-22-12-5-6-13-23(22)26(31)30(29-24)15-18-8-3-2-4-9-18/h2-14,17H,15-16H2,1H3. The fourth-order valence-corrected chi connectivity index (χ4v) is 4.52. The van der Waals surface area contributed by atoms with E-state index in [2.05, 4.69) is 10.1 Å². The van der Waals surface area contributed by atoms with Gasteiger partial charge in [0.25, 0.3) is 5.56 Å². The van der Waals surface area contributed by atoms with Crippen LogP contribution in [0.4, 0.5) is 0 Å². The third kappa shape index (κ3) is 4.83. The monoisotopic (exact) mass is 483 g/mol. The van der Waals surface area contributed by atoms with E-state index in [1.165, 1.54) is 16.0 Å². The van der Waals surface area contributed by atoms with E-state index in [1.54, 1.807) is 31.4 Å². The molecule has 35 heavy (non-hydrogen) atoms. The fraction of sp³-hybridized carbons (Fsp3) is 0.111. The van der Waals surface area contributed by atoms with Crippen LogP contribution < -0.4 is 10.3 Å². The lowest BCUT2D eigenvalue weighted by molar-refractivity contribution is 0.0461. The van der Waals surface area contributed by atoms with Gasteiger partial charge in [-0.25, -0.2) is 14.5 Å². The number of thiazole rings is 1. The van der Waals surface area contributed by atoms with Crippen molar-refractivity contribution in [2.45, 2.75) is 13.2 Å². The zero-order chi connectivity index (χ0) is 24.2. The van der Waals surface area contributed by atoms with Crippen LogP contribution in [0.1, 0.15) is 21.7 Å². The summed E-state index contributed by atoms with van der Waals surface area (Å²) in [5.41, 5.74) is 2.29. The molecule has 0 N–H and O–H groups in total. The quantitative estimate of drug-likeness (QED) is 0.305. The highest BCUT2D eigenvalue weighted by atomic mass is 32.1. The molecule has 5 aromatic rings. The van der Waals surface area contributed by atoms with Gasteiger partial charge in [-0.15, -0.1) is 11.3 Å². The van der Waals surface area contributed by atoms with Gasteiger partial charge in [0.2, 0.25) is 0 Å². The lowest BCUT2D eigenvalue weighted by Crippen LogP contribution is -2.27. The van der Waals surface area contributed by atoms with Crippen molar-refractivity contribution in [1.29, 1.82) is 0 Å². The molecular weight excluding hydrogens is 462 g/mol. The second kappa shape index (κ2) is 9.90. The average Bonchev–Trinajstić information content (AvgIpc) is 3.39. The van der Waals surface area contributed by atoms with Crippen molar-refractivity contribution in [1.82, 2.24) is 14.8 Å². The Hall–Kier alpha value is -4.30. The summed E-state index contributed by atoms with van der Waals surface area (Å²) in [5, 5.41) is 7.91. The number of benzene rings is 3. The van der Waals surface area contributed by atoms with Crippen molar-refractivity contribution in [2.75, 3.05) is 7.11 Å². The van der Waals surface area contributed by atoms with E-state index in [9.17, 15) is 9.59 Å². The zero-order valence-corrected chi connectivity index (χ0v) is 19.7. The number of esters is 1. The van der Waals surface area contributed by atoms with E-state index in [1.807, 2.05) is 60.0 Å². The molecule has 2 aromatic heterocycles. The molecule has 0 saturated heterocycles. The van der Waals surface area contributed by atoms with Gasteiger partial charge in [-0.1, -0.05) is 60.7 Å². The normalized spacial score (nSPS) is 10.9. The number of nitrogens with zero attached hydrogens (tertiary/aromatic N) is 3. The Balaban J connectivity index is 1.39. The summed E-state index contributed by atoms with van der Waals surface area (Å²) in [6, 6.07) is 24.1. The molecule has 5 rings (SSSR count). The van der Waals surface area contributed by atoms with Gasteiger partial charge in [-0.05, 0) is 23.8 Å². The molecular formula is C27H21N3O4S. The van der Waals surface area contributed by atoms with Crippen molar-refractivity contribution in [2.24, 2.45) is 0 Å². The first kappa shape index (κ1) is 22.5. The van der Waals surface area contributed by atoms with Crippen molar-refractivity contribution in [3.63, 3.8) is 0 Å². The molecule has 0 radical (unpaired) electrons. The summed E-state index contributed by atoms with van der Waals surface area (Å²) >= 11 is 1.46. The van der Waals surface area contributed by atoms with E-state index in [4.69, 9.17) is 9.47 Å². The van der Waals surface area contributed by atoms with Crippen LogP contribution in [0.2, 0.25) is 0 Å². The number of methoxy groups -OCH3 is 1. The van der Waals surface area contributed by atoms with Crippen molar-refractivity contribution in [3.05, 3.63) is 112 Å². The minimum atomic E-state index is -0.612. The highest BCUT2D eigenvalue weighted by molar-refractivity contribution is 7.13. The van der Waals surface area contributed by atoms with E-state index in [0.29, 0.717) is 16.5 Å². The summed E-state index contributed by atoms with van der Waals surface area (Å²) in [5.74, 6) is 0.133. The fourth-order valence-electron chi connectivity index (χ4n) is 3.72. The van der Waals surface area contributed by atoms with Crippen LogP contribution in [0.15, 0.2) is 89.0 Å². The minimum absolute atomic E-state index is 0.00682. The number of rotatable bonds is 7. The Morgan fingerprint density at radius 2 is 1.74 bits per heavy atom. The summed E-state index contributed by atoms with van der Waals surface area (Å²) in [7, 11) is 1.62. The van der Waals surface area contributed by atoms with Gasteiger partial charge in [-0.3, -0.25) is 4.79 Å². The molecule has 0 saturated carbocycles.